The lowest BCUT2D eigenvalue weighted by molar-refractivity contribution is -0.119. The van der Waals surface area contributed by atoms with Crippen molar-refractivity contribution in [2.24, 2.45) is 0 Å². The van der Waals surface area contributed by atoms with Gasteiger partial charge in [-0.3, -0.25) is 4.79 Å². The van der Waals surface area contributed by atoms with Crippen molar-refractivity contribution >= 4 is 27.3 Å². The molecule has 1 atom stereocenters. The van der Waals surface area contributed by atoms with Crippen molar-refractivity contribution in [3.63, 3.8) is 0 Å². The first-order valence-electron chi connectivity index (χ1n) is 10.4. The third kappa shape index (κ3) is 4.68. The first-order valence-corrected chi connectivity index (χ1v) is 11.8. The Morgan fingerprint density at radius 1 is 1.03 bits per heavy atom. The van der Waals surface area contributed by atoms with Crippen LogP contribution in [0.4, 0.5) is 11.4 Å². The number of hydrogen-bond donors (Lipinski definition) is 1. The molecule has 0 spiro atoms. The van der Waals surface area contributed by atoms with Gasteiger partial charge in [0.05, 0.1) is 25.2 Å². The monoisotopic (exact) mass is 445 g/mol. The van der Waals surface area contributed by atoms with Crippen LogP contribution in [0.3, 0.4) is 0 Å². The van der Waals surface area contributed by atoms with Crippen molar-refractivity contribution in [1.29, 1.82) is 0 Å². The molecule has 2 saturated heterocycles. The Labute approximate surface area is 182 Å². The van der Waals surface area contributed by atoms with Crippen molar-refractivity contribution in [2.75, 3.05) is 50.2 Å². The Bertz CT molecular complexity index is 1000. The molecule has 0 aromatic heterocycles. The van der Waals surface area contributed by atoms with Gasteiger partial charge < -0.3 is 19.7 Å². The molecule has 8 nitrogen and oxygen atoms in total. The maximum atomic E-state index is 13.1. The molecular formula is C22H27N3O5S. The van der Waals surface area contributed by atoms with Crippen LogP contribution in [0, 0.1) is 0 Å². The molecule has 2 heterocycles. The Kier molecular flexibility index (Phi) is 6.45. The molecule has 0 saturated carbocycles. The predicted molar refractivity (Wildman–Crippen MR) is 118 cm³/mol. The highest BCUT2D eigenvalue weighted by atomic mass is 32.2. The van der Waals surface area contributed by atoms with E-state index in [1.807, 2.05) is 24.3 Å². The molecule has 4 rings (SSSR count). The lowest BCUT2D eigenvalue weighted by Gasteiger charge is -2.29. The molecule has 0 bridgehead atoms. The van der Waals surface area contributed by atoms with Gasteiger partial charge >= 0.3 is 0 Å². The van der Waals surface area contributed by atoms with Crippen molar-refractivity contribution in [3.05, 3.63) is 48.5 Å². The second-order valence-electron chi connectivity index (χ2n) is 7.58. The number of benzene rings is 2. The summed E-state index contributed by atoms with van der Waals surface area (Å²) >= 11 is 0. The van der Waals surface area contributed by atoms with Crippen LogP contribution >= 0.6 is 0 Å². The molecule has 2 aliphatic heterocycles. The molecule has 1 N–H and O–H groups in total. The molecule has 31 heavy (non-hydrogen) atoms. The molecule has 0 aliphatic carbocycles. The second-order valence-corrected chi connectivity index (χ2v) is 9.48. The third-order valence-corrected chi connectivity index (χ3v) is 7.61. The van der Waals surface area contributed by atoms with Crippen LogP contribution in [0.5, 0.6) is 5.75 Å². The smallest absolute Gasteiger partial charge is 0.243 e. The van der Waals surface area contributed by atoms with Crippen molar-refractivity contribution in [1.82, 2.24) is 4.31 Å². The van der Waals surface area contributed by atoms with Crippen LogP contribution in [0.15, 0.2) is 53.4 Å². The van der Waals surface area contributed by atoms with Gasteiger partial charge in [0.15, 0.2) is 0 Å². The van der Waals surface area contributed by atoms with E-state index in [0.717, 1.165) is 18.8 Å². The fourth-order valence-corrected chi connectivity index (χ4v) is 5.63. The number of nitrogens with one attached hydrogen (secondary N) is 1. The Morgan fingerprint density at radius 3 is 2.35 bits per heavy atom. The molecular weight excluding hydrogens is 418 g/mol. The van der Waals surface area contributed by atoms with Crippen molar-refractivity contribution in [2.45, 2.75) is 23.8 Å². The number of rotatable bonds is 6. The molecule has 2 aromatic rings. The number of carbonyl (C=O) groups excluding carboxylic acids is 1. The van der Waals surface area contributed by atoms with Crippen molar-refractivity contribution in [3.8, 4) is 5.75 Å². The van der Waals surface area contributed by atoms with Crippen LogP contribution in [0.1, 0.15) is 12.8 Å². The topological polar surface area (TPSA) is 88.2 Å². The van der Waals surface area contributed by atoms with E-state index in [1.54, 1.807) is 12.1 Å². The quantitative estimate of drug-likeness (QED) is 0.734. The van der Waals surface area contributed by atoms with E-state index in [9.17, 15) is 13.2 Å². The summed E-state index contributed by atoms with van der Waals surface area (Å²) in [4.78, 5) is 15.3. The van der Waals surface area contributed by atoms with E-state index < -0.39 is 16.1 Å². The van der Waals surface area contributed by atoms with E-state index in [1.165, 1.54) is 23.5 Å². The number of carbonyl (C=O) groups is 1. The lowest BCUT2D eigenvalue weighted by atomic mass is 10.2. The van der Waals surface area contributed by atoms with E-state index in [0.29, 0.717) is 44.0 Å². The van der Waals surface area contributed by atoms with Crippen LogP contribution < -0.4 is 15.0 Å². The van der Waals surface area contributed by atoms with Crippen molar-refractivity contribution < 1.29 is 22.7 Å². The fraction of sp³-hybridized carbons (Fsp3) is 0.409. The van der Waals surface area contributed by atoms with Crippen LogP contribution in [0.25, 0.3) is 0 Å². The minimum atomic E-state index is -3.77. The second kappa shape index (κ2) is 9.25. The summed E-state index contributed by atoms with van der Waals surface area (Å²) in [5, 5.41) is 2.88. The van der Waals surface area contributed by atoms with Gasteiger partial charge in [-0.1, -0.05) is 0 Å². The lowest BCUT2D eigenvalue weighted by Crippen LogP contribution is -2.43. The normalized spacial score (nSPS) is 19.9. The number of anilines is 2. The molecule has 0 radical (unpaired) electrons. The summed E-state index contributed by atoms with van der Waals surface area (Å²) in [5.41, 5.74) is 1.72. The predicted octanol–water partition coefficient (Wildman–Crippen LogP) is 2.32. The van der Waals surface area contributed by atoms with Gasteiger partial charge in [-0.25, -0.2) is 8.42 Å². The van der Waals surface area contributed by atoms with Gasteiger partial charge in [0.2, 0.25) is 15.9 Å². The highest BCUT2D eigenvalue weighted by molar-refractivity contribution is 7.89. The Morgan fingerprint density at radius 2 is 1.71 bits per heavy atom. The van der Waals surface area contributed by atoms with Crippen LogP contribution in [-0.2, 0) is 19.6 Å². The molecule has 1 amide bonds. The molecule has 9 heteroatoms. The summed E-state index contributed by atoms with van der Waals surface area (Å²) in [6.45, 7) is 3.41. The van der Waals surface area contributed by atoms with Gasteiger partial charge in [-0.15, -0.1) is 0 Å². The molecule has 2 aliphatic rings. The third-order valence-electron chi connectivity index (χ3n) is 5.68. The maximum absolute atomic E-state index is 13.1. The number of amides is 1. The minimum absolute atomic E-state index is 0.155. The summed E-state index contributed by atoms with van der Waals surface area (Å²) in [6, 6.07) is 13.1. The minimum Gasteiger partial charge on any atom is -0.497 e. The fourth-order valence-electron chi connectivity index (χ4n) is 3.98. The summed E-state index contributed by atoms with van der Waals surface area (Å²) in [5.74, 6) is 0.268. The van der Waals surface area contributed by atoms with E-state index in [-0.39, 0.29) is 10.8 Å². The molecule has 2 aromatic carbocycles. The maximum Gasteiger partial charge on any atom is 0.243 e. The van der Waals surface area contributed by atoms with Gasteiger partial charge in [-0.2, -0.15) is 4.31 Å². The van der Waals surface area contributed by atoms with Gasteiger partial charge in [-0.05, 0) is 61.4 Å². The molecule has 2 fully saturated rings. The first-order chi connectivity index (χ1) is 15.0. The molecule has 166 valence electrons. The average molecular weight is 446 g/mol. The van der Waals surface area contributed by atoms with E-state index in [4.69, 9.17) is 9.47 Å². The Hall–Kier alpha value is -2.62. The molecule has 1 unspecified atom stereocenters. The summed E-state index contributed by atoms with van der Waals surface area (Å²) in [7, 11) is -2.25. The van der Waals surface area contributed by atoms with Crippen LogP contribution in [-0.4, -0.2) is 64.6 Å². The number of ether oxygens (including phenoxy) is 2. The number of hydrogen-bond acceptors (Lipinski definition) is 6. The average Bonchev–Trinajstić information content (AvgIpc) is 3.31. The highest BCUT2D eigenvalue weighted by Crippen LogP contribution is 2.28. The van der Waals surface area contributed by atoms with Gasteiger partial charge in [0.1, 0.15) is 11.8 Å². The zero-order valence-electron chi connectivity index (χ0n) is 17.5. The largest absolute Gasteiger partial charge is 0.497 e. The van der Waals surface area contributed by atoms with Crippen LogP contribution in [0.2, 0.25) is 0 Å². The summed E-state index contributed by atoms with van der Waals surface area (Å²) in [6.07, 6.45) is 1.14. The van der Waals surface area contributed by atoms with E-state index in [2.05, 4.69) is 10.2 Å². The number of sulfonamides is 1. The number of morpholine rings is 1. The van der Waals surface area contributed by atoms with E-state index >= 15 is 0 Å². The SMILES string of the molecule is COc1ccc(S(=O)(=O)N2CCCC2C(=O)Nc2ccc(N3CCOCC3)cc2)cc1. The first kappa shape index (κ1) is 21.6. The zero-order valence-corrected chi connectivity index (χ0v) is 18.3. The Balaban J connectivity index is 1.44. The standard InChI is InChI=1S/C22H27N3O5S/c1-29-19-8-10-20(11-9-19)31(27,28)25-12-2-3-21(25)22(26)23-17-4-6-18(7-5-17)24-13-15-30-16-14-24/h4-11,21H,2-3,12-16H2,1H3,(H,23,26). The summed E-state index contributed by atoms with van der Waals surface area (Å²) < 4.78 is 38.0. The van der Waals surface area contributed by atoms with Gasteiger partial charge in [0.25, 0.3) is 0 Å². The highest BCUT2D eigenvalue weighted by Gasteiger charge is 2.39. The zero-order chi connectivity index (χ0) is 21.8. The number of methoxy groups -OCH3 is 1. The van der Waals surface area contributed by atoms with Gasteiger partial charge in [0, 0.05) is 31.0 Å². The number of nitrogens with zero attached hydrogens (tertiary/aromatic N) is 2.